The van der Waals surface area contributed by atoms with Crippen LogP contribution in [0.25, 0.3) is 0 Å². The number of benzene rings is 1. The maximum Gasteiger partial charge on any atom is 0.315 e. The predicted octanol–water partition coefficient (Wildman–Crippen LogP) is 1.71. The van der Waals surface area contributed by atoms with Crippen molar-refractivity contribution < 1.29 is 14.8 Å². The molecule has 0 aliphatic rings. The summed E-state index contributed by atoms with van der Waals surface area (Å²) in [6.45, 7) is 1.97. The lowest BCUT2D eigenvalue weighted by Gasteiger charge is -2.06. The molecule has 0 amide bonds. The van der Waals surface area contributed by atoms with Crippen molar-refractivity contribution in [3.63, 3.8) is 0 Å². The van der Waals surface area contributed by atoms with E-state index < -0.39 is 16.4 Å². The van der Waals surface area contributed by atoms with Gasteiger partial charge in [-0.25, -0.2) is 0 Å². The van der Waals surface area contributed by atoms with Crippen molar-refractivity contribution in [2.24, 2.45) is 15.9 Å². The normalized spacial score (nSPS) is 11.8. The highest BCUT2D eigenvalue weighted by molar-refractivity contribution is 8.13. The number of phenols is 1. The Morgan fingerprint density at radius 3 is 2.90 bits per heavy atom. The highest BCUT2D eigenvalue weighted by Crippen LogP contribution is 2.36. The van der Waals surface area contributed by atoms with Gasteiger partial charge in [0.2, 0.25) is 5.75 Å². The second-order valence-electron chi connectivity index (χ2n) is 3.46. The van der Waals surface area contributed by atoms with E-state index in [2.05, 4.69) is 10.2 Å². The highest BCUT2D eigenvalue weighted by Gasteiger charge is 2.19. The molecular weight excluding hydrogens is 284 g/mol. The molecule has 0 saturated carbocycles. The summed E-state index contributed by atoms with van der Waals surface area (Å²) < 4.78 is 5.14. The minimum absolute atomic E-state index is 0.0185. The second kappa shape index (κ2) is 7.34. The van der Waals surface area contributed by atoms with E-state index in [-0.39, 0.29) is 17.5 Å². The number of nitrogens with zero attached hydrogens (tertiary/aromatic N) is 3. The minimum atomic E-state index is -0.700. The molecule has 0 fully saturated rings. The van der Waals surface area contributed by atoms with Gasteiger partial charge in [-0.2, -0.15) is 5.10 Å². The number of nitro groups is 1. The third kappa shape index (κ3) is 4.12. The molecule has 0 aliphatic carbocycles. The van der Waals surface area contributed by atoms with E-state index >= 15 is 0 Å². The van der Waals surface area contributed by atoms with Crippen LogP contribution in [0, 0.1) is 10.1 Å². The van der Waals surface area contributed by atoms with E-state index in [1.54, 1.807) is 13.2 Å². The van der Waals surface area contributed by atoms with Crippen LogP contribution >= 0.6 is 11.8 Å². The number of ether oxygens (including phenoxy) is 1. The highest BCUT2D eigenvalue weighted by atomic mass is 32.2. The summed E-state index contributed by atoms with van der Waals surface area (Å²) in [6, 6.07) is 2.60. The Morgan fingerprint density at radius 1 is 1.65 bits per heavy atom. The molecule has 0 spiro atoms. The molecule has 0 saturated heterocycles. The Kier molecular flexibility index (Phi) is 5.78. The third-order valence-electron chi connectivity index (χ3n) is 2.15. The van der Waals surface area contributed by atoms with Gasteiger partial charge in [0.1, 0.15) is 0 Å². The Labute approximate surface area is 119 Å². The van der Waals surface area contributed by atoms with Gasteiger partial charge in [-0.15, -0.1) is 5.10 Å². The molecule has 0 unspecified atom stereocenters. The zero-order valence-corrected chi connectivity index (χ0v) is 11.8. The van der Waals surface area contributed by atoms with E-state index in [1.165, 1.54) is 30.1 Å². The van der Waals surface area contributed by atoms with Crippen LogP contribution < -0.4 is 10.5 Å². The number of aromatic hydroxyl groups is 1. The van der Waals surface area contributed by atoms with Crippen LogP contribution in [0.2, 0.25) is 0 Å². The average Bonchev–Trinajstić information content (AvgIpc) is 2.41. The summed E-state index contributed by atoms with van der Waals surface area (Å²) in [7, 11) is 0. The molecular formula is C11H14N4O4S. The first-order chi connectivity index (χ1) is 9.49. The summed E-state index contributed by atoms with van der Waals surface area (Å²) >= 11 is 1.22. The molecule has 0 aliphatic heterocycles. The summed E-state index contributed by atoms with van der Waals surface area (Å²) in [5.74, 6) is -0.494. The average molecular weight is 298 g/mol. The van der Waals surface area contributed by atoms with E-state index in [9.17, 15) is 15.2 Å². The Hall–Kier alpha value is -2.29. The van der Waals surface area contributed by atoms with Crippen molar-refractivity contribution in [2.75, 3.05) is 12.9 Å². The smallest absolute Gasteiger partial charge is 0.315 e. The standard InChI is InChI=1S/C11H14N4O4S/c1-3-19-9-5-7(6-13-14-11(12)20-2)4-8(10(9)16)15(17)18/h4-6,16H,3H2,1-2H3,(H2,12,14)/b13-6-. The number of thioether (sulfide) groups is 1. The molecule has 1 rings (SSSR count). The second-order valence-corrected chi connectivity index (χ2v) is 4.29. The van der Waals surface area contributed by atoms with E-state index in [1.807, 2.05) is 0 Å². The molecule has 108 valence electrons. The fraction of sp³-hybridized carbons (Fsp3) is 0.273. The van der Waals surface area contributed by atoms with Gasteiger partial charge in [-0.1, -0.05) is 11.8 Å². The third-order valence-corrected chi connectivity index (χ3v) is 2.65. The van der Waals surface area contributed by atoms with Gasteiger partial charge < -0.3 is 15.6 Å². The molecule has 0 bridgehead atoms. The number of rotatable bonds is 5. The summed E-state index contributed by atoms with van der Waals surface area (Å²) in [5, 5.41) is 28.2. The summed E-state index contributed by atoms with van der Waals surface area (Å²) in [4.78, 5) is 10.2. The van der Waals surface area contributed by atoms with Crippen LogP contribution in [-0.2, 0) is 0 Å². The number of hydrogen-bond donors (Lipinski definition) is 2. The minimum Gasteiger partial charge on any atom is -0.500 e. The van der Waals surface area contributed by atoms with Crippen LogP contribution in [0.1, 0.15) is 12.5 Å². The first-order valence-corrected chi connectivity index (χ1v) is 6.76. The number of hydrogen-bond acceptors (Lipinski definition) is 7. The lowest BCUT2D eigenvalue weighted by atomic mass is 10.2. The first kappa shape index (κ1) is 15.8. The number of amidine groups is 1. The molecule has 1 aromatic carbocycles. The SMILES string of the molecule is CCOc1cc(/C=N\N=C(/N)SC)cc([N+](=O)[O-])c1O. The van der Waals surface area contributed by atoms with Crippen LogP contribution in [-0.4, -0.2) is 34.3 Å². The van der Waals surface area contributed by atoms with Gasteiger partial charge in [-0.05, 0) is 19.2 Å². The van der Waals surface area contributed by atoms with Crippen molar-refractivity contribution in [3.8, 4) is 11.5 Å². The fourth-order valence-corrected chi connectivity index (χ4v) is 1.42. The summed E-state index contributed by atoms with van der Waals surface area (Å²) in [6.07, 6.45) is 3.03. The van der Waals surface area contributed by atoms with Gasteiger partial charge in [-0.3, -0.25) is 10.1 Å². The van der Waals surface area contributed by atoms with Crippen molar-refractivity contribution in [1.82, 2.24) is 0 Å². The van der Waals surface area contributed by atoms with Crippen molar-refractivity contribution in [3.05, 3.63) is 27.8 Å². The van der Waals surface area contributed by atoms with Crippen LogP contribution in [0.4, 0.5) is 5.69 Å². The molecule has 20 heavy (non-hydrogen) atoms. The van der Waals surface area contributed by atoms with Gasteiger partial charge in [0, 0.05) is 11.6 Å². The van der Waals surface area contributed by atoms with Crippen molar-refractivity contribution >= 4 is 28.8 Å². The van der Waals surface area contributed by atoms with E-state index in [4.69, 9.17) is 10.5 Å². The van der Waals surface area contributed by atoms with Gasteiger partial charge in [0.05, 0.1) is 17.7 Å². The van der Waals surface area contributed by atoms with Crippen molar-refractivity contribution in [1.29, 1.82) is 0 Å². The quantitative estimate of drug-likeness (QED) is 0.369. The zero-order valence-electron chi connectivity index (χ0n) is 10.9. The topological polar surface area (TPSA) is 123 Å². The first-order valence-electron chi connectivity index (χ1n) is 5.54. The molecule has 8 nitrogen and oxygen atoms in total. The molecule has 0 radical (unpaired) electrons. The molecule has 1 aromatic rings. The maximum absolute atomic E-state index is 10.9. The number of nitro benzene ring substituents is 1. The van der Waals surface area contributed by atoms with Crippen LogP contribution in [0.5, 0.6) is 11.5 Å². The van der Waals surface area contributed by atoms with E-state index in [0.717, 1.165) is 0 Å². The van der Waals surface area contributed by atoms with Gasteiger partial charge >= 0.3 is 5.69 Å². The molecule has 9 heteroatoms. The molecule has 0 heterocycles. The molecule has 3 N–H and O–H groups in total. The fourth-order valence-electron chi connectivity index (χ4n) is 1.29. The van der Waals surface area contributed by atoms with Crippen molar-refractivity contribution in [2.45, 2.75) is 6.92 Å². The lowest BCUT2D eigenvalue weighted by Crippen LogP contribution is -2.04. The zero-order chi connectivity index (χ0) is 15.1. The lowest BCUT2D eigenvalue weighted by molar-refractivity contribution is -0.386. The Bertz CT molecular complexity index is 560. The Balaban J connectivity index is 3.17. The number of nitrogens with two attached hydrogens (primary N) is 1. The molecule has 0 atom stereocenters. The number of phenolic OH excluding ortho intramolecular Hbond substituents is 1. The van der Waals surface area contributed by atoms with Crippen LogP contribution in [0.15, 0.2) is 22.3 Å². The summed E-state index contributed by atoms with van der Waals surface area (Å²) in [5.41, 5.74) is 5.36. The van der Waals surface area contributed by atoms with Gasteiger partial charge in [0.25, 0.3) is 0 Å². The van der Waals surface area contributed by atoms with Crippen LogP contribution in [0.3, 0.4) is 0 Å². The monoisotopic (exact) mass is 298 g/mol. The van der Waals surface area contributed by atoms with Gasteiger partial charge in [0.15, 0.2) is 10.9 Å². The maximum atomic E-state index is 10.9. The predicted molar refractivity (Wildman–Crippen MR) is 78.7 cm³/mol. The molecule has 0 aromatic heterocycles. The largest absolute Gasteiger partial charge is 0.500 e. The van der Waals surface area contributed by atoms with E-state index in [0.29, 0.717) is 5.56 Å². The Morgan fingerprint density at radius 2 is 2.35 bits per heavy atom.